The van der Waals surface area contributed by atoms with Crippen molar-refractivity contribution in [3.05, 3.63) is 85.1 Å². The van der Waals surface area contributed by atoms with Crippen molar-refractivity contribution in [2.24, 2.45) is 0 Å². The van der Waals surface area contributed by atoms with Crippen LogP contribution >= 0.6 is 0 Å². The van der Waals surface area contributed by atoms with E-state index in [2.05, 4.69) is 51.2 Å². The van der Waals surface area contributed by atoms with Crippen LogP contribution in [0.3, 0.4) is 0 Å². The van der Waals surface area contributed by atoms with E-state index in [-0.39, 0.29) is 31.6 Å². The Morgan fingerprint density at radius 1 is 0.368 bits per heavy atom. The molecule has 0 aliphatic rings. The molecular formula is C51H84O6. The fourth-order valence-corrected chi connectivity index (χ4v) is 6.05. The number of unbranched alkanes of at least 4 members (excludes halogenated alkanes) is 20. The van der Waals surface area contributed by atoms with Gasteiger partial charge < -0.3 is 14.2 Å². The third-order valence-electron chi connectivity index (χ3n) is 9.54. The number of ether oxygens (including phenoxy) is 3. The Bertz CT molecular complexity index is 1140. The Hall–Kier alpha value is -3.41. The lowest BCUT2D eigenvalue weighted by molar-refractivity contribution is -0.167. The fraction of sp³-hybridized carbons (Fsp3) is 0.667. The zero-order chi connectivity index (χ0) is 41.5. The highest BCUT2D eigenvalue weighted by Gasteiger charge is 2.19. The third kappa shape index (κ3) is 43.6. The minimum Gasteiger partial charge on any atom is -0.462 e. The molecule has 0 aromatic rings. The Balaban J connectivity index is 4.52. The van der Waals surface area contributed by atoms with Crippen molar-refractivity contribution in [3.63, 3.8) is 0 Å². The Kier molecular flexibility index (Phi) is 42.6. The molecule has 0 aliphatic carbocycles. The van der Waals surface area contributed by atoms with Gasteiger partial charge in [-0.25, -0.2) is 0 Å². The molecule has 0 saturated heterocycles. The van der Waals surface area contributed by atoms with E-state index in [1.807, 2.05) is 54.7 Å². The van der Waals surface area contributed by atoms with Gasteiger partial charge in [-0.3, -0.25) is 14.4 Å². The highest BCUT2D eigenvalue weighted by molar-refractivity contribution is 5.71. The largest absolute Gasteiger partial charge is 0.462 e. The molecule has 0 amide bonds. The topological polar surface area (TPSA) is 78.9 Å². The van der Waals surface area contributed by atoms with Crippen LogP contribution in [-0.4, -0.2) is 37.2 Å². The van der Waals surface area contributed by atoms with Gasteiger partial charge in [0.1, 0.15) is 13.2 Å². The SMILES string of the molecule is CC\C=C/C=C\C=C/C=C\C=C/CCCC(=O)OC(COC(=O)CCCCC/C=C\C=C/CCCCCCCCC)COC(=O)CCCCCCCCCCCC. The van der Waals surface area contributed by atoms with Gasteiger partial charge in [-0.1, -0.05) is 209 Å². The molecule has 0 radical (unpaired) electrons. The number of allylic oxidation sites excluding steroid dienone is 14. The zero-order valence-electron chi connectivity index (χ0n) is 36.8. The Morgan fingerprint density at radius 3 is 1.16 bits per heavy atom. The zero-order valence-corrected chi connectivity index (χ0v) is 36.8. The van der Waals surface area contributed by atoms with Gasteiger partial charge in [0.05, 0.1) is 0 Å². The first-order chi connectivity index (χ1) is 28.0. The number of rotatable bonds is 40. The van der Waals surface area contributed by atoms with Gasteiger partial charge in [0.2, 0.25) is 0 Å². The molecule has 0 aliphatic heterocycles. The van der Waals surface area contributed by atoms with Crippen LogP contribution in [-0.2, 0) is 28.6 Å². The van der Waals surface area contributed by atoms with Crippen molar-refractivity contribution in [1.82, 2.24) is 0 Å². The third-order valence-corrected chi connectivity index (χ3v) is 9.54. The number of esters is 3. The number of hydrogen-bond acceptors (Lipinski definition) is 6. The maximum absolute atomic E-state index is 12.7. The Labute approximate surface area is 350 Å². The average Bonchev–Trinajstić information content (AvgIpc) is 3.21. The van der Waals surface area contributed by atoms with Gasteiger partial charge in [-0.05, 0) is 57.8 Å². The van der Waals surface area contributed by atoms with Crippen molar-refractivity contribution < 1.29 is 28.6 Å². The Morgan fingerprint density at radius 2 is 0.702 bits per heavy atom. The normalized spacial score (nSPS) is 12.8. The van der Waals surface area contributed by atoms with Gasteiger partial charge in [-0.2, -0.15) is 0 Å². The van der Waals surface area contributed by atoms with E-state index in [9.17, 15) is 14.4 Å². The molecular weight excluding hydrogens is 709 g/mol. The standard InChI is InChI=1S/C51H84O6/c1-4-7-10-13-16-19-22-24-25-26-28-29-32-35-38-41-44-50(53)56-47-48(46-55-49(52)43-40-37-34-31-21-18-15-12-9-6-3)57-51(54)45-42-39-36-33-30-27-23-20-17-14-11-8-5-2/h8,11,14,17,20,23,25-30,33,36,48H,4-7,9-10,12-13,15-16,18-19,21-22,24,31-32,34-35,37-47H2,1-3H3/b11-8-,17-14-,23-20-,26-25-,29-28-,30-27-,36-33-. The quantitative estimate of drug-likeness (QED) is 0.0266. The summed E-state index contributed by atoms with van der Waals surface area (Å²) >= 11 is 0. The van der Waals surface area contributed by atoms with Crippen LogP contribution in [0.5, 0.6) is 0 Å². The van der Waals surface area contributed by atoms with Crippen LogP contribution in [0, 0.1) is 0 Å². The van der Waals surface area contributed by atoms with E-state index in [0.29, 0.717) is 19.3 Å². The molecule has 57 heavy (non-hydrogen) atoms. The molecule has 6 nitrogen and oxygen atoms in total. The molecule has 0 heterocycles. The van der Waals surface area contributed by atoms with Crippen LogP contribution < -0.4 is 0 Å². The number of hydrogen-bond donors (Lipinski definition) is 0. The molecule has 6 heteroatoms. The summed E-state index contributed by atoms with van der Waals surface area (Å²) in [5.74, 6) is -1.02. The summed E-state index contributed by atoms with van der Waals surface area (Å²) in [4.78, 5) is 37.7. The van der Waals surface area contributed by atoms with E-state index < -0.39 is 12.1 Å². The average molecular weight is 793 g/mol. The van der Waals surface area contributed by atoms with Crippen molar-refractivity contribution in [1.29, 1.82) is 0 Å². The van der Waals surface area contributed by atoms with Gasteiger partial charge in [0.25, 0.3) is 0 Å². The number of carbonyl (C=O) groups excluding carboxylic acids is 3. The summed E-state index contributed by atoms with van der Waals surface area (Å²) in [7, 11) is 0. The molecule has 1 unspecified atom stereocenters. The minimum atomic E-state index is -0.820. The number of carbonyl (C=O) groups is 3. The minimum absolute atomic E-state index is 0.113. The van der Waals surface area contributed by atoms with E-state index >= 15 is 0 Å². The predicted octanol–water partition coefficient (Wildman–Crippen LogP) is 14.9. The van der Waals surface area contributed by atoms with E-state index in [1.165, 1.54) is 89.9 Å². The smallest absolute Gasteiger partial charge is 0.306 e. The summed E-state index contributed by atoms with van der Waals surface area (Å²) < 4.78 is 16.6. The second kappa shape index (κ2) is 45.3. The van der Waals surface area contributed by atoms with Crippen LogP contribution in [0.15, 0.2) is 85.1 Å². The predicted molar refractivity (Wildman–Crippen MR) is 242 cm³/mol. The molecule has 1 atom stereocenters. The second-order valence-electron chi connectivity index (χ2n) is 15.1. The monoisotopic (exact) mass is 793 g/mol. The highest BCUT2D eigenvalue weighted by atomic mass is 16.6. The van der Waals surface area contributed by atoms with Gasteiger partial charge >= 0.3 is 17.9 Å². The first-order valence-corrected chi connectivity index (χ1v) is 23.2. The van der Waals surface area contributed by atoms with Crippen molar-refractivity contribution in [2.75, 3.05) is 13.2 Å². The van der Waals surface area contributed by atoms with E-state index in [4.69, 9.17) is 14.2 Å². The van der Waals surface area contributed by atoms with Gasteiger partial charge in [-0.15, -0.1) is 0 Å². The maximum Gasteiger partial charge on any atom is 0.306 e. The summed E-state index contributed by atoms with van der Waals surface area (Å²) in [6.45, 7) is 6.37. The molecule has 0 fully saturated rings. The molecule has 0 spiro atoms. The molecule has 0 bridgehead atoms. The molecule has 0 saturated carbocycles. The van der Waals surface area contributed by atoms with Gasteiger partial charge in [0, 0.05) is 19.3 Å². The molecule has 0 rings (SSSR count). The summed E-state index contributed by atoms with van der Waals surface area (Å²) in [6, 6.07) is 0. The fourth-order valence-electron chi connectivity index (χ4n) is 6.05. The van der Waals surface area contributed by atoms with Crippen LogP contribution in [0.2, 0.25) is 0 Å². The lowest BCUT2D eigenvalue weighted by Gasteiger charge is -2.18. The maximum atomic E-state index is 12.7. The van der Waals surface area contributed by atoms with Crippen molar-refractivity contribution in [2.45, 2.75) is 207 Å². The first-order valence-electron chi connectivity index (χ1n) is 23.2. The second-order valence-corrected chi connectivity index (χ2v) is 15.1. The summed E-state index contributed by atoms with van der Waals surface area (Å²) in [5.41, 5.74) is 0. The van der Waals surface area contributed by atoms with Crippen LogP contribution in [0.4, 0.5) is 0 Å². The molecule has 324 valence electrons. The summed E-state index contributed by atoms with van der Waals surface area (Å²) in [5, 5.41) is 0. The highest BCUT2D eigenvalue weighted by Crippen LogP contribution is 2.13. The first kappa shape index (κ1) is 53.6. The molecule has 0 aromatic heterocycles. The van der Waals surface area contributed by atoms with Crippen molar-refractivity contribution >= 4 is 17.9 Å². The molecule has 0 aromatic carbocycles. The van der Waals surface area contributed by atoms with E-state index in [0.717, 1.165) is 64.2 Å². The lowest BCUT2D eigenvalue weighted by Crippen LogP contribution is -2.30. The van der Waals surface area contributed by atoms with E-state index in [1.54, 1.807) is 0 Å². The van der Waals surface area contributed by atoms with Crippen LogP contribution in [0.1, 0.15) is 201 Å². The van der Waals surface area contributed by atoms with Gasteiger partial charge in [0.15, 0.2) is 6.10 Å². The lowest BCUT2D eigenvalue weighted by atomic mass is 10.1. The molecule has 0 N–H and O–H groups in total. The van der Waals surface area contributed by atoms with Crippen LogP contribution in [0.25, 0.3) is 0 Å². The summed E-state index contributed by atoms with van der Waals surface area (Å²) in [6.07, 6.45) is 57.2. The van der Waals surface area contributed by atoms with Crippen molar-refractivity contribution in [3.8, 4) is 0 Å².